The summed E-state index contributed by atoms with van der Waals surface area (Å²) in [5.74, 6) is 6.19. The molecule has 14 heavy (non-hydrogen) atoms. The topological polar surface area (TPSA) is 47.6 Å². The molecule has 0 amide bonds. The molecule has 0 fully saturated rings. The normalized spacial score (nSPS) is 29.9. The summed E-state index contributed by atoms with van der Waals surface area (Å²) in [6.45, 7) is 4.34. The molecule has 78 valence electrons. The van der Waals surface area contributed by atoms with Crippen molar-refractivity contribution in [2.24, 2.45) is 16.4 Å². The molecule has 0 aliphatic heterocycles. The van der Waals surface area contributed by atoms with E-state index in [1.165, 1.54) is 0 Å². The van der Waals surface area contributed by atoms with E-state index < -0.39 is 0 Å². The molecule has 0 spiro atoms. The van der Waals surface area contributed by atoms with Gasteiger partial charge in [0.1, 0.15) is 5.76 Å². The number of rotatable bonds is 2. The van der Waals surface area contributed by atoms with Crippen molar-refractivity contribution in [2.45, 2.75) is 26.7 Å². The third-order valence-electron chi connectivity index (χ3n) is 2.72. The fourth-order valence-electron chi connectivity index (χ4n) is 1.54. The Kier molecular flexibility index (Phi) is 3.33. The predicted molar refractivity (Wildman–Crippen MR) is 58.9 cm³/mol. The number of hydrazone groups is 1. The van der Waals surface area contributed by atoms with E-state index in [0.717, 1.165) is 24.3 Å². The second kappa shape index (κ2) is 4.31. The van der Waals surface area contributed by atoms with Crippen LogP contribution in [0.15, 0.2) is 29.1 Å². The van der Waals surface area contributed by atoms with Gasteiger partial charge in [0.05, 0.1) is 12.8 Å². The van der Waals surface area contributed by atoms with Gasteiger partial charge in [0.15, 0.2) is 0 Å². The molecule has 0 saturated heterocycles. The smallest absolute Gasteiger partial charge is 0.115 e. The lowest BCUT2D eigenvalue weighted by atomic mass is 9.82. The average molecular weight is 194 g/mol. The summed E-state index contributed by atoms with van der Waals surface area (Å²) in [6.07, 6.45) is 7.87. The molecule has 0 aromatic heterocycles. The first-order valence-electron chi connectivity index (χ1n) is 4.85. The van der Waals surface area contributed by atoms with Gasteiger partial charge in [-0.3, -0.25) is 0 Å². The largest absolute Gasteiger partial charge is 0.497 e. The molecule has 0 saturated carbocycles. The minimum Gasteiger partial charge on any atom is -0.497 e. The monoisotopic (exact) mass is 194 g/mol. The summed E-state index contributed by atoms with van der Waals surface area (Å²) >= 11 is 0. The van der Waals surface area contributed by atoms with Crippen molar-refractivity contribution in [3.8, 4) is 0 Å². The van der Waals surface area contributed by atoms with Crippen molar-refractivity contribution in [3.63, 3.8) is 0 Å². The minimum atomic E-state index is 0.0903. The number of nitrogens with zero attached hydrogens (tertiary/aromatic N) is 1. The van der Waals surface area contributed by atoms with E-state index >= 15 is 0 Å². The number of hydrogen-bond acceptors (Lipinski definition) is 3. The van der Waals surface area contributed by atoms with Crippen LogP contribution in [0.25, 0.3) is 0 Å². The maximum Gasteiger partial charge on any atom is 0.115 e. The van der Waals surface area contributed by atoms with Crippen LogP contribution in [0.4, 0.5) is 0 Å². The first-order valence-corrected chi connectivity index (χ1v) is 4.85. The highest BCUT2D eigenvalue weighted by molar-refractivity contribution is 5.96. The van der Waals surface area contributed by atoms with Crippen LogP contribution in [0.3, 0.4) is 0 Å². The predicted octanol–water partition coefficient (Wildman–Crippen LogP) is 2.21. The molecular weight excluding hydrogens is 176 g/mol. The highest BCUT2D eigenvalue weighted by Crippen LogP contribution is 2.32. The third kappa shape index (κ3) is 2.37. The molecule has 0 heterocycles. The summed E-state index contributed by atoms with van der Waals surface area (Å²) in [5.41, 5.74) is 1.00. The van der Waals surface area contributed by atoms with E-state index in [4.69, 9.17) is 10.6 Å². The Labute approximate surface area is 85.3 Å². The summed E-state index contributed by atoms with van der Waals surface area (Å²) in [7, 11) is 1.68. The van der Waals surface area contributed by atoms with E-state index in [0.29, 0.717) is 0 Å². The molecule has 3 nitrogen and oxygen atoms in total. The maximum atomic E-state index is 5.31. The molecule has 3 heteroatoms. The fourth-order valence-corrected chi connectivity index (χ4v) is 1.54. The second-order valence-corrected chi connectivity index (χ2v) is 3.89. The number of allylic oxidation sites excluding steroid dienone is 3. The number of ether oxygens (including phenoxy) is 1. The van der Waals surface area contributed by atoms with E-state index in [1.807, 2.05) is 12.2 Å². The number of methoxy groups -OCH3 is 1. The molecule has 1 unspecified atom stereocenters. The Balaban J connectivity index is 3.00. The van der Waals surface area contributed by atoms with Crippen molar-refractivity contribution in [1.29, 1.82) is 0 Å². The van der Waals surface area contributed by atoms with Crippen molar-refractivity contribution in [3.05, 3.63) is 24.0 Å². The molecule has 0 radical (unpaired) electrons. The van der Waals surface area contributed by atoms with Crippen LogP contribution in [-0.2, 0) is 4.74 Å². The summed E-state index contributed by atoms with van der Waals surface area (Å²) in [6, 6.07) is 0. The van der Waals surface area contributed by atoms with Crippen LogP contribution >= 0.6 is 0 Å². The van der Waals surface area contributed by atoms with Crippen LogP contribution in [0, 0.1) is 5.41 Å². The van der Waals surface area contributed by atoms with Gasteiger partial charge in [0.25, 0.3) is 0 Å². The fraction of sp³-hybridized carbons (Fsp3) is 0.545. The Morgan fingerprint density at radius 1 is 1.57 bits per heavy atom. The molecule has 1 aliphatic rings. The van der Waals surface area contributed by atoms with Crippen molar-refractivity contribution < 1.29 is 4.74 Å². The molecule has 0 bridgehead atoms. The van der Waals surface area contributed by atoms with Crippen LogP contribution in [0.2, 0.25) is 0 Å². The van der Waals surface area contributed by atoms with Gasteiger partial charge in [-0.25, -0.2) is 0 Å². The number of hydrogen-bond donors (Lipinski definition) is 1. The third-order valence-corrected chi connectivity index (χ3v) is 2.72. The zero-order chi connectivity index (χ0) is 10.6. The lowest BCUT2D eigenvalue weighted by Crippen LogP contribution is -2.16. The Morgan fingerprint density at radius 3 is 2.79 bits per heavy atom. The van der Waals surface area contributed by atoms with Crippen molar-refractivity contribution in [1.82, 2.24) is 0 Å². The van der Waals surface area contributed by atoms with Crippen molar-refractivity contribution in [2.75, 3.05) is 7.11 Å². The van der Waals surface area contributed by atoms with E-state index in [2.05, 4.69) is 25.0 Å². The van der Waals surface area contributed by atoms with E-state index in [1.54, 1.807) is 7.11 Å². The summed E-state index contributed by atoms with van der Waals surface area (Å²) in [5, 5.41) is 3.76. The van der Waals surface area contributed by atoms with Gasteiger partial charge in [-0.2, -0.15) is 5.10 Å². The first kappa shape index (κ1) is 10.8. The van der Waals surface area contributed by atoms with Gasteiger partial charge in [0.2, 0.25) is 0 Å². The van der Waals surface area contributed by atoms with Crippen LogP contribution in [-0.4, -0.2) is 12.8 Å². The first-order chi connectivity index (χ1) is 6.63. The van der Waals surface area contributed by atoms with Crippen LogP contribution in [0.1, 0.15) is 26.7 Å². The molecule has 1 atom stereocenters. The Morgan fingerprint density at radius 2 is 2.29 bits per heavy atom. The van der Waals surface area contributed by atoms with Crippen LogP contribution in [0.5, 0.6) is 0 Å². The Bertz CT molecular complexity index is 292. The molecular formula is C11H18N2O. The van der Waals surface area contributed by atoms with E-state index in [9.17, 15) is 0 Å². The van der Waals surface area contributed by atoms with Gasteiger partial charge in [-0.05, 0) is 30.1 Å². The lowest BCUT2D eigenvalue weighted by molar-refractivity contribution is 0.293. The summed E-state index contributed by atoms with van der Waals surface area (Å²) < 4.78 is 5.24. The molecule has 1 aliphatic carbocycles. The quantitative estimate of drug-likeness (QED) is 0.541. The molecule has 1 rings (SSSR count). The van der Waals surface area contributed by atoms with Gasteiger partial charge < -0.3 is 10.6 Å². The van der Waals surface area contributed by atoms with Gasteiger partial charge in [-0.1, -0.05) is 13.8 Å². The standard InChI is InChI=1S/C11H18N2O/c1-4-11(2)7-9(13-12)5-6-10(8-11)14-3/h5-6,8H,4,7,12H2,1-3H3/b13-9+. The van der Waals surface area contributed by atoms with Crippen LogP contribution < -0.4 is 5.84 Å². The average Bonchev–Trinajstić information content (AvgIpc) is 2.38. The maximum absolute atomic E-state index is 5.31. The summed E-state index contributed by atoms with van der Waals surface area (Å²) in [4.78, 5) is 0. The second-order valence-electron chi connectivity index (χ2n) is 3.89. The highest BCUT2D eigenvalue weighted by atomic mass is 16.5. The van der Waals surface area contributed by atoms with Gasteiger partial charge in [0, 0.05) is 6.42 Å². The zero-order valence-electron chi connectivity index (χ0n) is 9.08. The molecule has 0 aromatic rings. The Hall–Kier alpha value is -1.25. The minimum absolute atomic E-state index is 0.0903. The zero-order valence-corrected chi connectivity index (χ0v) is 9.08. The number of nitrogens with two attached hydrogens (primary N) is 1. The SMILES string of the molecule is CCC1(C)C=C(OC)C=C/C(=N\N)C1. The van der Waals surface area contributed by atoms with Crippen molar-refractivity contribution >= 4 is 5.71 Å². The van der Waals surface area contributed by atoms with E-state index in [-0.39, 0.29) is 5.41 Å². The molecule has 0 aromatic carbocycles. The highest BCUT2D eigenvalue weighted by Gasteiger charge is 2.24. The van der Waals surface area contributed by atoms with Gasteiger partial charge in [-0.15, -0.1) is 0 Å². The molecule has 2 N–H and O–H groups in total. The lowest BCUT2D eigenvalue weighted by Gasteiger charge is -2.23. The van der Waals surface area contributed by atoms with Gasteiger partial charge >= 0.3 is 0 Å².